The SMILES string of the molecule is CC1(N)CCCCC1C(=O)NCCC1CCCCC1.Cl. The van der Waals surface area contributed by atoms with Crippen molar-refractivity contribution in [2.45, 2.75) is 76.7 Å². The maximum absolute atomic E-state index is 12.3. The van der Waals surface area contributed by atoms with E-state index in [1.54, 1.807) is 0 Å². The topological polar surface area (TPSA) is 55.1 Å². The first-order chi connectivity index (χ1) is 9.09. The minimum absolute atomic E-state index is 0. The predicted octanol–water partition coefficient (Wildman–Crippen LogP) is 3.40. The molecule has 1 amide bonds. The van der Waals surface area contributed by atoms with Crippen LogP contribution in [0.5, 0.6) is 0 Å². The molecule has 2 aliphatic carbocycles. The van der Waals surface area contributed by atoms with E-state index in [4.69, 9.17) is 5.73 Å². The average Bonchev–Trinajstić information content (AvgIpc) is 2.39. The van der Waals surface area contributed by atoms with E-state index in [2.05, 4.69) is 5.32 Å². The summed E-state index contributed by atoms with van der Waals surface area (Å²) in [5, 5.41) is 3.14. The monoisotopic (exact) mass is 302 g/mol. The van der Waals surface area contributed by atoms with Gasteiger partial charge in [-0.25, -0.2) is 0 Å². The minimum Gasteiger partial charge on any atom is -0.356 e. The molecular weight excluding hydrogens is 272 g/mol. The highest BCUT2D eigenvalue weighted by Crippen LogP contribution is 2.31. The molecule has 20 heavy (non-hydrogen) atoms. The molecule has 118 valence electrons. The van der Waals surface area contributed by atoms with Crippen molar-refractivity contribution >= 4 is 18.3 Å². The van der Waals surface area contributed by atoms with E-state index in [1.807, 2.05) is 6.92 Å². The van der Waals surface area contributed by atoms with Crippen LogP contribution in [0.25, 0.3) is 0 Å². The van der Waals surface area contributed by atoms with Crippen LogP contribution in [0.4, 0.5) is 0 Å². The summed E-state index contributed by atoms with van der Waals surface area (Å²) in [4.78, 5) is 12.3. The fourth-order valence-corrected chi connectivity index (χ4v) is 3.79. The second-order valence-corrected chi connectivity index (χ2v) is 6.89. The lowest BCUT2D eigenvalue weighted by molar-refractivity contribution is -0.128. The van der Waals surface area contributed by atoms with Crippen LogP contribution >= 0.6 is 12.4 Å². The average molecular weight is 303 g/mol. The molecule has 3 nitrogen and oxygen atoms in total. The van der Waals surface area contributed by atoms with Gasteiger partial charge in [0.2, 0.25) is 5.91 Å². The van der Waals surface area contributed by atoms with Gasteiger partial charge < -0.3 is 11.1 Å². The van der Waals surface area contributed by atoms with Crippen molar-refractivity contribution in [2.75, 3.05) is 6.54 Å². The second-order valence-electron chi connectivity index (χ2n) is 6.89. The van der Waals surface area contributed by atoms with Crippen LogP contribution in [-0.2, 0) is 4.79 Å². The zero-order chi connectivity index (χ0) is 13.7. The number of carbonyl (C=O) groups is 1. The predicted molar refractivity (Wildman–Crippen MR) is 86.0 cm³/mol. The van der Waals surface area contributed by atoms with Crippen molar-refractivity contribution in [2.24, 2.45) is 17.6 Å². The first-order valence-electron chi connectivity index (χ1n) is 8.16. The van der Waals surface area contributed by atoms with E-state index in [1.165, 1.54) is 38.5 Å². The number of halogens is 1. The summed E-state index contributed by atoms with van der Waals surface area (Å²) in [6.45, 7) is 2.88. The Bertz CT molecular complexity index is 301. The molecule has 0 saturated heterocycles. The lowest BCUT2D eigenvalue weighted by Crippen LogP contribution is -2.53. The number of rotatable bonds is 4. The number of hydrogen-bond acceptors (Lipinski definition) is 2. The van der Waals surface area contributed by atoms with E-state index >= 15 is 0 Å². The molecule has 3 N–H and O–H groups in total. The summed E-state index contributed by atoms with van der Waals surface area (Å²) < 4.78 is 0. The van der Waals surface area contributed by atoms with Gasteiger partial charge in [-0.1, -0.05) is 44.9 Å². The molecule has 0 bridgehead atoms. The second kappa shape index (κ2) is 8.23. The number of carbonyl (C=O) groups excluding carboxylic acids is 1. The van der Waals surface area contributed by atoms with Gasteiger partial charge in [-0.15, -0.1) is 12.4 Å². The van der Waals surface area contributed by atoms with Gasteiger partial charge in [-0.05, 0) is 32.1 Å². The van der Waals surface area contributed by atoms with Gasteiger partial charge in [-0.2, -0.15) is 0 Å². The minimum atomic E-state index is -0.298. The molecule has 0 spiro atoms. The van der Waals surface area contributed by atoms with Crippen molar-refractivity contribution in [1.29, 1.82) is 0 Å². The van der Waals surface area contributed by atoms with Gasteiger partial charge >= 0.3 is 0 Å². The Hall–Kier alpha value is -0.280. The summed E-state index contributed by atoms with van der Waals surface area (Å²) in [5.74, 6) is 1.05. The Balaban J connectivity index is 0.00000200. The Kier molecular flexibility index (Phi) is 7.32. The van der Waals surface area contributed by atoms with Crippen LogP contribution < -0.4 is 11.1 Å². The van der Waals surface area contributed by atoms with Crippen molar-refractivity contribution in [3.63, 3.8) is 0 Å². The van der Waals surface area contributed by atoms with E-state index in [0.717, 1.165) is 38.1 Å². The molecule has 2 saturated carbocycles. The standard InChI is InChI=1S/C16H30N2O.ClH/c1-16(17)11-6-5-9-14(16)15(19)18-12-10-13-7-3-2-4-8-13;/h13-14H,2-12,17H2,1H3,(H,18,19);1H. The van der Waals surface area contributed by atoms with Crippen LogP contribution in [0.3, 0.4) is 0 Å². The van der Waals surface area contributed by atoms with Crippen molar-refractivity contribution in [1.82, 2.24) is 5.32 Å². The Morgan fingerprint density at radius 1 is 1.15 bits per heavy atom. The molecule has 0 aliphatic heterocycles. The van der Waals surface area contributed by atoms with E-state index < -0.39 is 0 Å². The van der Waals surface area contributed by atoms with Gasteiger partial charge in [0.15, 0.2) is 0 Å². The lowest BCUT2D eigenvalue weighted by Gasteiger charge is -2.37. The van der Waals surface area contributed by atoms with Crippen LogP contribution in [0.1, 0.15) is 71.1 Å². The van der Waals surface area contributed by atoms with Crippen molar-refractivity contribution in [3.8, 4) is 0 Å². The molecule has 0 aromatic heterocycles. The molecule has 0 aromatic carbocycles. The normalized spacial score (nSPS) is 31.4. The molecule has 2 unspecified atom stereocenters. The molecule has 0 radical (unpaired) electrons. The highest BCUT2D eigenvalue weighted by Gasteiger charge is 2.37. The molecule has 0 aromatic rings. The van der Waals surface area contributed by atoms with Crippen LogP contribution in [0.2, 0.25) is 0 Å². The summed E-state index contributed by atoms with van der Waals surface area (Å²) in [6.07, 6.45) is 12.3. The smallest absolute Gasteiger partial charge is 0.224 e. The first-order valence-corrected chi connectivity index (χ1v) is 8.16. The third kappa shape index (κ3) is 4.92. The summed E-state index contributed by atoms with van der Waals surface area (Å²) in [5.41, 5.74) is 5.98. The Morgan fingerprint density at radius 3 is 2.45 bits per heavy atom. The highest BCUT2D eigenvalue weighted by molar-refractivity contribution is 5.85. The molecule has 2 rings (SSSR count). The quantitative estimate of drug-likeness (QED) is 0.836. The van der Waals surface area contributed by atoms with E-state index in [-0.39, 0.29) is 29.8 Å². The molecule has 4 heteroatoms. The highest BCUT2D eigenvalue weighted by atomic mass is 35.5. The summed E-state index contributed by atoms with van der Waals surface area (Å²) in [7, 11) is 0. The number of hydrogen-bond donors (Lipinski definition) is 2. The van der Waals surface area contributed by atoms with Gasteiger partial charge in [0.1, 0.15) is 0 Å². The zero-order valence-corrected chi connectivity index (χ0v) is 13.6. The number of amides is 1. The third-order valence-corrected chi connectivity index (χ3v) is 5.15. The largest absolute Gasteiger partial charge is 0.356 e. The van der Waals surface area contributed by atoms with Crippen molar-refractivity contribution < 1.29 is 4.79 Å². The van der Waals surface area contributed by atoms with Gasteiger partial charge in [-0.3, -0.25) is 4.79 Å². The van der Waals surface area contributed by atoms with Crippen LogP contribution in [-0.4, -0.2) is 18.0 Å². The first kappa shape index (κ1) is 17.8. The molecule has 2 atom stereocenters. The third-order valence-electron chi connectivity index (χ3n) is 5.15. The van der Waals surface area contributed by atoms with Gasteiger partial charge in [0, 0.05) is 12.1 Å². The van der Waals surface area contributed by atoms with Gasteiger partial charge in [0.25, 0.3) is 0 Å². The molecular formula is C16H31ClN2O. The number of nitrogens with one attached hydrogen (secondary N) is 1. The van der Waals surface area contributed by atoms with E-state index in [0.29, 0.717) is 0 Å². The Labute approximate surface area is 129 Å². The fourth-order valence-electron chi connectivity index (χ4n) is 3.79. The fraction of sp³-hybridized carbons (Fsp3) is 0.938. The lowest BCUT2D eigenvalue weighted by atomic mass is 9.74. The Morgan fingerprint density at radius 2 is 1.80 bits per heavy atom. The van der Waals surface area contributed by atoms with Crippen LogP contribution in [0, 0.1) is 11.8 Å². The molecule has 2 aliphatic rings. The summed E-state index contributed by atoms with van der Waals surface area (Å²) >= 11 is 0. The van der Waals surface area contributed by atoms with Crippen molar-refractivity contribution in [3.05, 3.63) is 0 Å². The van der Waals surface area contributed by atoms with Crippen LogP contribution in [0.15, 0.2) is 0 Å². The maximum Gasteiger partial charge on any atom is 0.224 e. The van der Waals surface area contributed by atoms with Gasteiger partial charge in [0.05, 0.1) is 5.92 Å². The summed E-state index contributed by atoms with van der Waals surface area (Å²) in [6, 6.07) is 0. The van der Waals surface area contributed by atoms with E-state index in [9.17, 15) is 4.79 Å². The zero-order valence-electron chi connectivity index (χ0n) is 12.8. The number of nitrogens with two attached hydrogens (primary N) is 1. The molecule has 2 fully saturated rings. The molecule has 0 heterocycles. The maximum atomic E-state index is 12.3.